The summed E-state index contributed by atoms with van der Waals surface area (Å²) < 4.78 is 1.55. The number of hydrogen-bond donors (Lipinski definition) is 1. The van der Waals surface area contributed by atoms with Crippen molar-refractivity contribution >= 4 is 18.4 Å². The molecule has 0 saturated carbocycles. The summed E-state index contributed by atoms with van der Waals surface area (Å²) in [5, 5.41) is 13.9. The van der Waals surface area contributed by atoms with Gasteiger partial charge in [0.25, 0.3) is 0 Å². The Hall–Kier alpha value is -1.04. The summed E-state index contributed by atoms with van der Waals surface area (Å²) in [6.45, 7) is 0.678. The van der Waals surface area contributed by atoms with Gasteiger partial charge in [-0.05, 0) is 17.1 Å². The van der Waals surface area contributed by atoms with Crippen molar-refractivity contribution in [3.63, 3.8) is 0 Å². The molecule has 0 amide bonds. The SMILES string of the molecule is O=[N+]([O-])c1ccn(CCCS)n1. The Morgan fingerprint density at radius 2 is 2.50 bits per heavy atom. The van der Waals surface area contributed by atoms with Gasteiger partial charge >= 0.3 is 5.82 Å². The van der Waals surface area contributed by atoms with Gasteiger partial charge in [-0.25, -0.2) is 0 Å². The molecule has 1 heterocycles. The molecular weight excluding hydrogens is 178 g/mol. The summed E-state index contributed by atoms with van der Waals surface area (Å²) in [7, 11) is 0. The van der Waals surface area contributed by atoms with Crippen molar-refractivity contribution in [1.29, 1.82) is 0 Å². The van der Waals surface area contributed by atoms with Gasteiger partial charge in [0.1, 0.15) is 0 Å². The van der Waals surface area contributed by atoms with Crippen LogP contribution in [0.5, 0.6) is 0 Å². The fourth-order valence-corrected chi connectivity index (χ4v) is 0.947. The molecule has 6 heteroatoms. The number of nitro groups is 1. The maximum Gasteiger partial charge on any atom is 0.389 e. The van der Waals surface area contributed by atoms with Crippen LogP contribution in [0, 0.1) is 10.1 Å². The minimum atomic E-state index is -0.503. The second-order valence-corrected chi connectivity index (χ2v) is 2.72. The molecule has 1 rings (SSSR count). The average Bonchev–Trinajstić information content (AvgIpc) is 2.48. The van der Waals surface area contributed by atoms with Crippen LogP contribution in [0.3, 0.4) is 0 Å². The molecule has 0 aromatic carbocycles. The molecule has 0 aliphatic heterocycles. The van der Waals surface area contributed by atoms with Gasteiger partial charge in [0.2, 0.25) is 0 Å². The molecule has 5 nitrogen and oxygen atoms in total. The molecule has 66 valence electrons. The Kier molecular flexibility index (Phi) is 3.09. The number of rotatable bonds is 4. The van der Waals surface area contributed by atoms with E-state index in [4.69, 9.17) is 0 Å². The Morgan fingerprint density at radius 3 is 3.00 bits per heavy atom. The first-order chi connectivity index (χ1) is 5.74. The van der Waals surface area contributed by atoms with Gasteiger partial charge in [0.05, 0.1) is 23.9 Å². The molecule has 0 radical (unpaired) electrons. The minimum Gasteiger partial charge on any atom is -0.358 e. The number of aromatic nitrogens is 2. The van der Waals surface area contributed by atoms with Gasteiger partial charge in [-0.1, -0.05) is 0 Å². The Labute approximate surface area is 74.9 Å². The lowest BCUT2D eigenvalue weighted by Gasteiger charge is -1.91. The molecule has 0 bridgehead atoms. The molecule has 0 aliphatic rings. The van der Waals surface area contributed by atoms with Crippen LogP contribution in [-0.2, 0) is 6.54 Å². The van der Waals surface area contributed by atoms with Crippen LogP contribution >= 0.6 is 12.6 Å². The lowest BCUT2D eigenvalue weighted by molar-refractivity contribution is -0.389. The lowest BCUT2D eigenvalue weighted by atomic mass is 10.5. The van der Waals surface area contributed by atoms with Gasteiger partial charge in [-0.15, -0.1) is 0 Å². The highest BCUT2D eigenvalue weighted by atomic mass is 32.1. The van der Waals surface area contributed by atoms with Crippen molar-refractivity contribution in [2.24, 2.45) is 0 Å². The Morgan fingerprint density at radius 1 is 1.75 bits per heavy atom. The fourth-order valence-electron chi connectivity index (χ4n) is 0.806. The zero-order chi connectivity index (χ0) is 8.97. The third kappa shape index (κ3) is 2.23. The van der Waals surface area contributed by atoms with Crippen LogP contribution in [0.1, 0.15) is 6.42 Å². The van der Waals surface area contributed by atoms with Crippen molar-refractivity contribution in [2.45, 2.75) is 13.0 Å². The Balaban J connectivity index is 2.58. The second kappa shape index (κ2) is 4.10. The largest absolute Gasteiger partial charge is 0.389 e. The third-order valence-electron chi connectivity index (χ3n) is 1.36. The summed E-state index contributed by atoms with van der Waals surface area (Å²) in [5.74, 6) is 0.655. The summed E-state index contributed by atoms with van der Waals surface area (Å²) in [5.41, 5.74) is 0. The first-order valence-electron chi connectivity index (χ1n) is 3.53. The summed E-state index contributed by atoms with van der Waals surface area (Å²) in [6.07, 6.45) is 2.46. The second-order valence-electron chi connectivity index (χ2n) is 2.27. The zero-order valence-corrected chi connectivity index (χ0v) is 7.28. The van der Waals surface area contributed by atoms with E-state index in [1.165, 1.54) is 6.07 Å². The smallest absolute Gasteiger partial charge is 0.358 e. The van der Waals surface area contributed by atoms with E-state index in [1.54, 1.807) is 10.9 Å². The predicted octanol–water partition coefficient (Wildman–Crippen LogP) is 1.11. The van der Waals surface area contributed by atoms with Crippen LogP contribution in [0.15, 0.2) is 12.3 Å². The van der Waals surface area contributed by atoms with Crippen molar-refractivity contribution in [1.82, 2.24) is 9.78 Å². The van der Waals surface area contributed by atoms with Gasteiger partial charge < -0.3 is 10.1 Å². The van der Waals surface area contributed by atoms with Crippen molar-refractivity contribution in [2.75, 3.05) is 5.75 Å². The van der Waals surface area contributed by atoms with E-state index in [9.17, 15) is 10.1 Å². The van der Waals surface area contributed by atoms with E-state index in [2.05, 4.69) is 17.7 Å². The number of hydrogen-bond acceptors (Lipinski definition) is 4. The van der Waals surface area contributed by atoms with E-state index >= 15 is 0 Å². The maximum absolute atomic E-state index is 10.2. The van der Waals surface area contributed by atoms with Crippen LogP contribution < -0.4 is 0 Å². The molecule has 0 N–H and O–H groups in total. The first-order valence-corrected chi connectivity index (χ1v) is 4.16. The summed E-state index contributed by atoms with van der Waals surface area (Å²) >= 11 is 4.02. The van der Waals surface area contributed by atoms with Gasteiger partial charge in [0, 0.05) is 0 Å². The molecule has 1 aromatic rings. The topological polar surface area (TPSA) is 61.0 Å². The fraction of sp³-hybridized carbons (Fsp3) is 0.500. The molecule has 0 unspecified atom stereocenters. The maximum atomic E-state index is 10.2. The highest BCUT2D eigenvalue weighted by Gasteiger charge is 2.09. The first kappa shape index (κ1) is 9.05. The average molecular weight is 187 g/mol. The van der Waals surface area contributed by atoms with Crippen LogP contribution in [0.25, 0.3) is 0 Å². The molecule has 1 aromatic heterocycles. The quantitative estimate of drug-likeness (QED) is 0.436. The molecular formula is C6H9N3O2S. The highest BCUT2D eigenvalue weighted by Crippen LogP contribution is 2.05. The van der Waals surface area contributed by atoms with Crippen molar-refractivity contribution in [3.05, 3.63) is 22.4 Å². The molecule has 12 heavy (non-hydrogen) atoms. The number of thiol groups is 1. The summed E-state index contributed by atoms with van der Waals surface area (Å²) in [6, 6.07) is 1.39. The highest BCUT2D eigenvalue weighted by molar-refractivity contribution is 7.80. The van der Waals surface area contributed by atoms with Gasteiger partial charge in [-0.2, -0.15) is 17.3 Å². The van der Waals surface area contributed by atoms with E-state index in [1.807, 2.05) is 0 Å². The molecule has 0 aliphatic carbocycles. The minimum absolute atomic E-state index is 0.103. The molecule has 0 spiro atoms. The van der Waals surface area contributed by atoms with E-state index in [-0.39, 0.29) is 5.82 Å². The van der Waals surface area contributed by atoms with E-state index in [0.717, 1.165) is 12.2 Å². The number of aryl methyl sites for hydroxylation is 1. The van der Waals surface area contributed by atoms with Gasteiger partial charge in [-0.3, -0.25) is 0 Å². The van der Waals surface area contributed by atoms with Crippen LogP contribution in [0.2, 0.25) is 0 Å². The lowest BCUT2D eigenvalue weighted by Crippen LogP contribution is -2.00. The van der Waals surface area contributed by atoms with E-state index in [0.29, 0.717) is 6.54 Å². The monoisotopic (exact) mass is 187 g/mol. The standard InChI is InChI=1S/C6H9N3O2S/c10-9(11)6-2-4-8(7-6)3-1-5-12/h2,4,12H,1,3,5H2. The van der Waals surface area contributed by atoms with Crippen LogP contribution in [0.4, 0.5) is 5.82 Å². The van der Waals surface area contributed by atoms with Crippen molar-refractivity contribution in [3.8, 4) is 0 Å². The molecule has 0 fully saturated rings. The van der Waals surface area contributed by atoms with Crippen molar-refractivity contribution < 1.29 is 4.92 Å². The number of nitrogens with zero attached hydrogens (tertiary/aromatic N) is 3. The van der Waals surface area contributed by atoms with E-state index < -0.39 is 4.92 Å². The molecule has 0 saturated heterocycles. The molecule has 0 atom stereocenters. The summed E-state index contributed by atoms with van der Waals surface area (Å²) in [4.78, 5) is 9.70. The normalized spacial score (nSPS) is 10.1. The van der Waals surface area contributed by atoms with Gasteiger partial charge in [0.15, 0.2) is 0 Å². The zero-order valence-electron chi connectivity index (χ0n) is 6.38. The third-order valence-corrected chi connectivity index (χ3v) is 1.68. The predicted molar refractivity (Wildman–Crippen MR) is 47.4 cm³/mol. The Bertz CT molecular complexity index is 274. The van der Waals surface area contributed by atoms with Crippen LogP contribution in [-0.4, -0.2) is 20.5 Å².